The number of rotatable bonds is 40. The summed E-state index contributed by atoms with van der Waals surface area (Å²) in [4.78, 5) is 147. The Morgan fingerprint density at radius 2 is 0.558 bits per heavy atom. The molecule has 0 aliphatic heterocycles. The molecule has 0 saturated heterocycles. The minimum Gasteiger partial charge on any atom is -0.395 e. The minimum atomic E-state index is -0.784. The van der Waals surface area contributed by atoms with Crippen molar-refractivity contribution < 1.29 is 68.4 Å². The van der Waals surface area contributed by atoms with Crippen LogP contribution in [-0.4, -0.2) is 278 Å². The molecular weight excluding hydrogens is 1000 g/mol. The van der Waals surface area contributed by atoms with Gasteiger partial charge in [0, 0.05) is 62.4 Å². The van der Waals surface area contributed by atoms with E-state index in [-0.39, 0.29) is 69.8 Å². The van der Waals surface area contributed by atoms with Crippen molar-refractivity contribution in [2.75, 3.05) is 118 Å². The first kappa shape index (κ1) is 71.5. The molecule has 6 atom stereocenters. The van der Waals surface area contributed by atoms with Crippen LogP contribution in [0.15, 0.2) is 0 Å². The Kier molecular flexibility index (Phi) is 35.4. The third kappa shape index (κ3) is 24.8. The van der Waals surface area contributed by atoms with Crippen molar-refractivity contribution in [2.45, 2.75) is 158 Å². The number of nitrogens with zero attached hydrogens (tertiary/aromatic N) is 9. The van der Waals surface area contributed by atoms with Crippen LogP contribution in [-0.2, 0) is 47.9 Å². The van der Waals surface area contributed by atoms with Crippen LogP contribution in [0.2, 0.25) is 0 Å². The fraction of sp³-hybridized carbons (Fsp3) is 0.808. The molecule has 25 heteroatoms. The summed E-state index contributed by atoms with van der Waals surface area (Å²) in [6, 6.07) is -2.29. The fourth-order valence-electron chi connectivity index (χ4n) is 7.88. The molecule has 0 rings (SSSR count). The van der Waals surface area contributed by atoms with E-state index in [2.05, 4.69) is 5.32 Å². The molecule has 25 nitrogen and oxygen atoms in total. The second kappa shape index (κ2) is 38.1. The molecule has 77 heavy (non-hydrogen) atoms. The fourth-order valence-corrected chi connectivity index (χ4v) is 7.88. The number of hydrogen-bond donors (Lipinski definition) is 6. The van der Waals surface area contributed by atoms with Gasteiger partial charge in [0.25, 0.3) is 0 Å². The zero-order chi connectivity index (χ0) is 59.1. The minimum absolute atomic E-state index is 0.00985. The number of aliphatic hydroxyl groups is 4. The lowest BCUT2D eigenvalue weighted by molar-refractivity contribution is -0.151. The standard InChI is InChI=1S/C52H97N11O14/c1-13-37(7)54-27-44(69)60(39(9)15-3)33-47(72)55(19-23-64)29-45(70)58(22-26-67)32-50(75)63(42(12)18-6)36-52(77)61(40(10)16-4)34-48(73)56(20-24-65)30-46(71)57(21-25-66)31-49(74)62(41(11)17-5)35-51(76)59(28-43(53)68)38(8)14-2/h37-42,54,64-67H,13-36H2,1-12H3,(H2,53,68). The third-order valence-corrected chi connectivity index (χ3v) is 14.2. The molecule has 0 radical (unpaired) electrons. The lowest BCUT2D eigenvalue weighted by atomic mass is 10.1. The van der Waals surface area contributed by atoms with E-state index in [1.165, 1.54) is 24.5 Å². The van der Waals surface area contributed by atoms with Crippen molar-refractivity contribution in [2.24, 2.45) is 5.73 Å². The summed E-state index contributed by atoms with van der Waals surface area (Å²) in [5.74, 6) is -6.48. The quantitative estimate of drug-likeness (QED) is 0.0398. The van der Waals surface area contributed by atoms with Crippen LogP contribution in [0.3, 0.4) is 0 Å². The molecule has 7 N–H and O–H groups in total. The van der Waals surface area contributed by atoms with E-state index in [1.54, 1.807) is 55.4 Å². The summed E-state index contributed by atoms with van der Waals surface area (Å²) in [5.41, 5.74) is 5.42. The summed E-state index contributed by atoms with van der Waals surface area (Å²) < 4.78 is 0. The molecule has 0 aliphatic carbocycles. The maximum atomic E-state index is 14.3. The molecule has 444 valence electrons. The molecule has 0 saturated carbocycles. The molecule has 0 bridgehead atoms. The van der Waals surface area contributed by atoms with Gasteiger partial charge in [-0.3, -0.25) is 47.9 Å². The van der Waals surface area contributed by atoms with Crippen molar-refractivity contribution in [3.05, 3.63) is 0 Å². The largest absolute Gasteiger partial charge is 0.395 e. The number of amides is 10. The molecule has 0 aromatic carbocycles. The lowest BCUT2D eigenvalue weighted by Gasteiger charge is -2.36. The average molecular weight is 1100 g/mol. The predicted octanol–water partition coefficient (Wildman–Crippen LogP) is -1.72. The Bertz CT molecular complexity index is 1880. The highest BCUT2D eigenvalue weighted by Gasteiger charge is 2.34. The zero-order valence-electron chi connectivity index (χ0n) is 48.4. The van der Waals surface area contributed by atoms with Crippen LogP contribution < -0.4 is 11.1 Å². The normalized spacial score (nSPS) is 13.5. The number of nitrogens with two attached hydrogens (primary N) is 1. The van der Waals surface area contributed by atoms with E-state index in [0.717, 1.165) is 26.0 Å². The monoisotopic (exact) mass is 1100 g/mol. The van der Waals surface area contributed by atoms with Gasteiger partial charge >= 0.3 is 0 Å². The average Bonchev–Trinajstić information content (AvgIpc) is 3.40. The molecule has 10 amide bonds. The predicted molar refractivity (Wildman–Crippen MR) is 289 cm³/mol. The van der Waals surface area contributed by atoms with Gasteiger partial charge in [-0.05, 0) is 80.1 Å². The van der Waals surface area contributed by atoms with Crippen LogP contribution in [0.5, 0.6) is 0 Å². The van der Waals surface area contributed by atoms with Crippen LogP contribution in [0.4, 0.5) is 0 Å². The Balaban J connectivity index is 6.56. The van der Waals surface area contributed by atoms with E-state index < -0.39 is 144 Å². The van der Waals surface area contributed by atoms with Crippen molar-refractivity contribution in [1.82, 2.24) is 49.4 Å². The molecule has 0 heterocycles. The SMILES string of the molecule is CCC(C)NCC(=O)N(CC(=O)N(CCO)CC(=O)N(CCO)CC(=O)N(CC(=O)N(CC(=O)N(CCO)CC(=O)N(CCO)CC(=O)N(CC(=O)N(CC(N)=O)C(C)CC)C(C)CC)C(C)CC)C(C)CC)C(C)CC. The maximum Gasteiger partial charge on any atom is 0.242 e. The highest BCUT2D eigenvalue weighted by molar-refractivity contribution is 5.94. The van der Waals surface area contributed by atoms with E-state index in [0.29, 0.717) is 32.1 Å². The second-order valence-corrected chi connectivity index (χ2v) is 19.7. The number of carbonyl (C=O) groups is 10. The van der Waals surface area contributed by atoms with Crippen LogP contribution >= 0.6 is 0 Å². The lowest BCUT2D eigenvalue weighted by Crippen LogP contribution is -2.56. The van der Waals surface area contributed by atoms with Crippen molar-refractivity contribution in [1.29, 1.82) is 0 Å². The van der Waals surface area contributed by atoms with Gasteiger partial charge in [0.05, 0.1) is 65.7 Å². The van der Waals surface area contributed by atoms with E-state index in [1.807, 2.05) is 27.7 Å². The molecular formula is C52H97N11O14. The first-order chi connectivity index (χ1) is 36.3. The summed E-state index contributed by atoms with van der Waals surface area (Å²) in [5, 5.41) is 43.0. The molecule has 0 fully saturated rings. The summed E-state index contributed by atoms with van der Waals surface area (Å²) in [6.07, 6.45) is 2.98. The maximum absolute atomic E-state index is 14.3. The number of primary amides is 1. The Morgan fingerprint density at radius 3 is 0.805 bits per heavy atom. The van der Waals surface area contributed by atoms with E-state index in [9.17, 15) is 68.4 Å². The van der Waals surface area contributed by atoms with Gasteiger partial charge in [0.1, 0.15) is 26.2 Å². The molecule has 6 unspecified atom stereocenters. The summed E-state index contributed by atoms with van der Waals surface area (Å²) in [6.45, 7) is 13.3. The highest BCUT2D eigenvalue weighted by Crippen LogP contribution is 2.14. The van der Waals surface area contributed by atoms with E-state index >= 15 is 0 Å². The zero-order valence-corrected chi connectivity index (χ0v) is 48.4. The molecule has 0 aliphatic rings. The number of carbonyl (C=O) groups excluding carboxylic acids is 10. The van der Waals surface area contributed by atoms with Crippen LogP contribution in [0.1, 0.15) is 122 Å². The van der Waals surface area contributed by atoms with Crippen molar-refractivity contribution in [3.8, 4) is 0 Å². The first-order valence-electron chi connectivity index (χ1n) is 27.3. The summed E-state index contributed by atoms with van der Waals surface area (Å²) in [7, 11) is 0. The Morgan fingerprint density at radius 1 is 0.338 bits per heavy atom. The molecule has 0 aromatic heterocycles. The smallest absolute Gasteiger partial charge is 0.242 e. The van der Waals surface area contributed by atoms with Gasteiger partial charge in [-0.1, -0.05) is 41.5 Å². The second-order valence-electron chi connectivity index (χ2n) is 19.7. The van der Waals surface area contributed by atoms with Crippen LogP contribution in [0, 0.1) is 0 Å². The van der Waals surface area contributed by atoms with Crippen molar-refractivity contribution in [3.63, 3.8) is 0 Å². The Labute approximate surface area is 457 Å². The highest BCUT2D eigenvalue weighted by atomic mass is 16.3. The number of aliphatic hydroxyl groups excluding tert-OH is 4. The Hall–Kier alpha value is -5.50. The molecule has 0 spiro atoms. The third-order valence-electron chi connectivity index (χ3n) is 14.2. The number of hydrogen-bond acceptors (Lipinski definition) is 15. The van der Waals surface area contributed by atoms with Crippen LogP contribution in [0.25, 0.3) is 0 Å². The van der Waals surface area contributed by atoms with Gasteiger partial charge < -0.3 is 75.6 Å². The van der Waals surface area contributed by atoms with Gasteiger partial charge in [-0.2, -0.15) is 0 Å². The number of nitrogens with one attached hydrogen (secondary N) is 1. The first-order valence-corrected chi connectivity index (χ1v) is 27.3. The van der Waals surface area contributed by atoms with Gasteiger partial charge in [-0.15, -0.1) is 0 Å². The van der Waals surface area contributed by atoms with Crippen molar-refractivity contribution >= 4 is 59.1 Å². The summed E-state index contributed by atoms with van der Waals surface area (Å²) >= 11 is 0. The topological polar surface area (TPSA) is 319 Å². The van der Waals surface area contributed by atoms with Gasteiger partial charge in [0.2, 0.25) is 59.1 Å². The van der Waals surface area contributed by atoms with Gasteiger partial charge in [0.15, 0.2) is 0 Å². The molecule has 0 aromatic rings. The van der Waals surface area contributed by atoms with E-state index in [4.69, 9.17) is 5.73 Å². The van der Waals surface area contributed by atoms with Gasteiger partial charge in [-0.25, -0.2) is 0 Å².